The molecule has 1 aromatic carbocycles. The van der Waals surface area contributed by atoms with Gasteiger partial charge in [-0.05, 0) is 37.1 Å². The second-order valence-electron chi connectivity index (χ2n) is 4.60. The van der Waals surface area contributed by atoms with Gasteiger partial charge >= 0.3 is 0 Å². The summed E-state index contributed by atoms with van der Waals surface area (Å²) in [6.07, 6.45) is 2.45. The zero-order chi connectivity index (χ0) is 13.5. The molecule has 1 fully saturated rings. The highest BCUT2D eigenvalue weighted by molar-refractivity contribution is 5.43. The van der Waals surface area contributed by atoms with Crippen molar-refractivity contribution in [3.8, 4) is 11.5 Å². The lowest BCUT2D eigenvalue weighted by atomic mass is 10.1. The molecule has 0 saturated carbocycles. The summed E-state index contributed by atoms with van der Waals surface area (Å²) < 4.78 is 11.4. The fourth-order valence-electron chi connectivity index (χ4n) is 2.18. The zero-order valence-electron chi connectivity index (χ0n) is 11.6. The van der Waals surface area contributed by atoms with Crippen LogP contribution in [0.4, 0.5) is 0 Å². The fraction of sp³-hybridized carbons (Fsp3) is 0.571. The van der Waals surface area contributed by atoms with E-state index in [1.807, 2.05) is 18.2 Å². The zero-order valence-corrected chi connectivity index (χ0v) is 11.6. The maximum atomic E-state index is 6.04. The smallest absolute Gasteiger partial charge is 0.161 e. The summed E-state index contributed by atoms with van der Waals surface area (Å²) in [5.41, 5.74) is 3.92. The van der Waals surface area contributed by atoms with E-state index in [-0.39, 0.29) is 6.10 Å². The van der Waals surface area contributed by atoms with Crippen molar-refractivity contribution in [2.75, 3.05) is 27.3 Å². The summed E-state index contributed by atoms with van der Waals surface area (Å²) in [6, 6.07) is 5.93. The van der Waals surface area contributed by atoms with Gasteiger partial charge in [0.05, 0.1) is 14.2 Å². The molecule has 0 aliphatic carbocycles. The monoisotopic (exact) mass is 266 g/mol. The van der Waals surface area contributed by atoms with E-state index in [1.54, 1.807) is 14.2 Å². The van der Waals surface area contributed by atoms with E-state index in [4.69, 9.17) is 14.3 Å². The van der Waals surface area contributed by atoms with Crippen molar-refractivity contribution in [1.82, 2.24) is 10.8 Å². The SMILES string of the molecule is CONCc1ccc(OC)c(OC2CCCNC2)c1. The normalized spacial score (nSPS) is 19.2. The predicted molar refractivity (Wildman–Crippen MR) is 73.4 cm³/mol. The van der Waals surface area contributed by atoms with E-state index >= 15 is 0 Å². The first-order chi connectivity index (χ1) is 9.33. The number of nitrogens with one attached hydrogen (secondary N) is 2. The first-order valence-electron chi connectivity index (χ1n) is 6.63. The quantitative estimate of drug-likeness (QED) is 0.764. The molecule has 0 radical (unpaired) electrons. The van der Waals surface area contributed by atoms with Gasteiger partial charge in [0.1, 0.15) is 6.10 Å². The molecule has 1 aliphatic rings. The third-order valence-electron chi connectivity index (χ3n) is 3.19. The van der Waals surface area contributed by atoms with Crippen LogP contribution in [0.3, 0.4) is 0 Å². The maximum Gasteiger partial charge on any atom is 0.161 e. The van der Waals surface area contributed by atoms with Crippen molar-refractivity contribution >= 4 is 0 Å². The van der Waals surface area contributed by atoms with Gasteiger partial charge in [-0.2, -0.15) is 5.48 Å². The first-order valence-corrected chi connectivity index (χ1v) is 6.63. The van der Waals surface area contributed by atoms with Gasteiger partial charge in [-0.15, -0.1) is 0 Å². The minimum absolute atomic E-state index is 0.216. The molecule has 1 heterocycles. The highest BCUT2D eigenvalue weighted by Crippen LogP contribution is 2.29. The Morgan fingerprint density at radius 2 is 2.21 bits per heavy atom. The van der Waals surface area contributed by atoms with E-state index in [0.29, 0.717) is 6.54 Å². The lowest BCUT2D eigenvalue weighted by Gasteiger charge is -2.25. The van der Waals surface area contributed by atoms with E-state index < -0.39 is 0 Å². The number of hydrogen-bond acceptors (Lipinski definition) is 5. The largest absolute Gasteiger partial charge is 0.493 e. The summed E-state index contributed by atoms with van der Waals surface area (Å²) in [5, 5.41) is 3.34. The fourth-order valence-corrected chi connectivity index (χ4v) is 2.18. The van der Waals surface area contributed by atoms with Gasteiger partial charge in [0.15, 0.2) is 11.5 Å². The molecular weight excluding hydrogens is 244 g/mol. The summed E-state index contributed by atoms with van der Waals surface area (Å²) in [6.45, 7) is 2.61. The molecule has 5 heteroatoms. The van der Waals surface area contributed by atoms with Gasteiger partial charge in [0.25, 0.3) is 0 Å². The maximum absolute atomic E-state index is 6.04. The molecule has 0 aromatic heterocycles. The summed E-state index contributed by atoms with van der Waals surface area (Å²) in [5.74, 6) is 1.57. The molecule has 106 valence electrons. The van der Waals surface area contributed by atoms with E-state index in [0.717, 1.165) is 43.0 Å². The number of rotatable bonds is 6. The number of hydroxylamine groups is 1. The van der Waals surface area contributed by atoms with Crippen molar-refractivity contribution < 1.29 is 14.3 Å². The minimum Gasteiger partial charge on any atom is -0.493 e. The average Bonchev–Trinajstić information content (AvgIpc) is 2.46. The molecule has 0 amide bonds. The van der Waals surface area contributed by atoms with E-state index in [9.17, 15) is 0 Å². The molecular formula is C14H22N2O3. The molecule has 0 bridgehead atoms. The Bertz CT molecular complexity index is 392. The van der Waals surface area contributed by atoms with Crippen LogP contribution in [0.25, 0.3) is 0 Å². The topological polar surface area (TPSA) is 51.8 Å². The van der Waals surface area contributed by atoms with Gasteiger partial charge in [-0.1, -0.05) is 6.07 Å². The number of benzene rings is 1. The van der Waals surface area contributed by atoms with E-state index in [1.165, 1.54) is 0 Å². The Morgan fingerprint density at radius 3 is 2.89 bits per heavy atom. The lowest BCUT2D eigenvalue weighted by molar-refractivity contribution is 0.0865. The highest BCUT2D eigenvalue weighted by atomic mass is 16.6. The molecule has 1 aliphatic heterocycles. The van der Waals surface area contributed by atoms with Gasteiger partial charge in [-0.3, -0.25) is 0 Å². The molecule has 0 spiro atoms. The minimum atomic E-state index is 0.216. The average molecular weight is 266 g/mol. The highest BCUT2D eigenvalue weighted by Gasteiger charge is 2.16. The van der Waals surface area contributed by atoms with Gasteiger partial charge in [-0.25, -0.2) is 0 Å². The van der Waals surface area contributed by atoms with Crippen molar-refractivity contribution in [3.63, 3.8) is 0 Å². The summed E-state index contributed by atoms with van der Waals surface area (Å²) in [4.78, 5) is 4.86. The molecule has 2 rings (SSSR count). The van der Waals surface area contributed by atoms with Gasteiger partial charge in [0.2, 0.25) is 0 Å². The second-order valence-corrected chi connectivity index (χ2v) is 4.60. The Labute approximate surface area is 114 Å². The summed E-state index contributed by atoms with van der Waals surface area (Å²) >= 11 is 0. The molecule has 1 unspecified atom stereocenters. The molecule has 1 saturated heterocycles. The number of ether oxygens (including phenoxy) is 2. The Morgan fingerprint density at radius 1 is 1.32 bits per heavy atom. The Kier molecular flexibility index (Phi) is 5.44. The van der Waals surface area contributed by atoms with Crippen LogP contribution >= 0.6 is 0 Å². The Hall–Kier alpha value is -1.30. The third-order valence-corrected chi connectivity index (χ3v) is 3.19. The van der Waals surface area contributed by atoms with Crippen LogP contribution < -0.4 is 20.3 Å². The van der Waals surface area contributed by atoms with Crippen LogP contribution in [0.5, 0.6) is 11.5 Å². The molecule has 1 aromatic rings. The van der Waals surface area contributed by atoms with Crippen LogP contribution in [0.2, 0.25) is 0 Å². The summed E-state index contributed by atoms with van der Waals surface area (Å²) in [7, 11) is 3.27. The van der Waals surface area contributed by atoms with Gasteiger partial charge in [0, 0.05) is 13.1 Å². The number of hydrogen-bond donors (Lipinski definition) is 2. The van der Waals surface area contributed by atoms with Crippen molar-refractivity contribution in [1.29, 1.82) is 0 Å². The van der Waals surface area contributed by atoms with E-state index in [2.05, 4.69) is 10.8 Å². The predicted octanol–water partition coefficient (Wildman–Crippen LogP) is 1.48. The van der Waals surface area contributed by atoms with Crippen molar-refractivity contribution in [2.24, 2.45) is 0 Å². The molecule has 19 heavy (non-hydrogen) atoms. The van der Waals surface area contributed by atoms with Gasteiger partial charge < -0.3 is 19.6 Å². The first kappa shape index (κ1) is 14.1. The molecule has 2 N–H and O–H groups in total. The van der Waals surface area contributed by atoms with Crippen molar-refractivity contribution in [2.45, 2.75) is 25.5 Å². The second kappa shape index (κ2) is 7.33. The van der Waals surface area contributed by atoms with Crippen LogP contribution in [0, 0.1) is 0 Å². The standard InChI is InChI=1S/C14H22N2O3/c1-17-13-6-5-11(9-16-18-2)8-14(13)19-12-4-3-7-15-10-12/h5-6,8,12,15-16H,3-4,7,9-10H2,1-2H3. The Balaban J connectivity index is 2.06. The van der Waals surface area contributed by atoms with Crippen LogP contribution in [0.15, 0.2) is 18.2 Å². The molecule has 1 atom stereocenters. The number of methoxy groups -OCH3 is 1. The lowest BCUT2D eigenvalue weighted by Crippen LogP contribution is -2.37. The van der Waals surface area contributed by atoms with Crippen LogP contribution in [-0.2, 0) is 11.4 Å². The number of piperidine rings is 1. The van der Waals surface area contributed by atoms with Crippen LogP contribution in [0.1, 0.15) is 18.4 Å². The van der Waals surface area contributed by atoms with Crippen LogP contribution in [-0.4, -0.2) is 33.4 Å². The molecule has 5 nitrogen and oxygen atoms in total. The third kappa shape index (κ3) is 4.09. The van der Waals surface area contributed by atoms with Crippen molar-refractivity contribution in [3.05, 3.63) is 23.8 Å².